The molecule has 1 rings (SSSR count). The van der Waals surface area contributed by atoms with Crippen LogP contribution >= 0.6 is 11.8 Å². The molecule has 72 valence electrons. The lowest BCUT2D eigenvalue weighted by molar-refractivity contribution is 0.338. The molecule has 0 aromatic rings. The summed E-state index contributed by atoms with van der Waals surface area (Å²) in [5, 5.41) is 3.59. The second-order valence-corrected chi connectivity index (χ2v) is 4.67. The summed E-state index contributed by atoms with van der Waals surface area (Å²) in [6.07, 6.45) is 3.78. The van der Waals surface area contributed by atoms with Crippen molar-refractivity contribution in [1.29, 1.82) is 0 Å². The van der Waals surface area contributed by atoms with Crippen molar-refractivity contribution in [2.45, 2.75) is 31.7 Å². The van der Waals surface area contributed by atoms with E-state index >= 15 is 0 Å². The number of thioether (sulfide) groups is 1. The largest absolute Gasteiger partial charge is 0.329 e. The second-order valence-electron chi connectivity index (χ2n) is 3.57. The first-order chi connectivity index (χ1) is 5.83. The highest BCUT2D eigenvalue weighted by atomic mass is 32.2. The Balaban J connectivity index is 2.37. The fourth-order valence-electron chi connectivity index (χ4n) is 1.62. The van der Waals surface area contributed by atoms with Crippen LogP contribution in [0.3, 0.4) is 0 Å². The van der Waals surface area contributed by atoms with Gasteiger partial charge in [-0.15, -0.1) is 0 Å². The summed E-state index contributed by atoms with van der Waals surface area (Å²) in [5.41, 5.74) is 6.07. The zero-order valence-corrected chi connectivity index (χ0v) is 8.75. The van der Waals surface area contributed by atoms with Gasteiger partial charge in [0.1, 0.15) is 0 Å². The predicted octanol–water partition coefficient (Wildman–Crippen LogP) is 1.21. The normalized spacial score (nSPS) is 30.5. The van der Waals surface area contributed by atoms with Gasteiger partial charge in [-0.25, -0.2) is 0 Å². The van der Waals surface area contributed by atoms with Crippen molar-refractivity contribution in [3.63, 3.8) is 0 Å². The van der Waals surface area contributed by atoms with Gasteiger partial charge >= 0.3 is 0 Å². The van der Waals surface area contributed by atoms with Gasteiger partial charge in [-0.1, -0.05) is 6.92 Å². The lowest BCUT2D eigenvalue weighted by Gasteiger charge is -2.36. The van der Waals surface area contributed by atoms with Gasteiger partial charge in [0.05, 0.1) is 0 Å². The zero-order chi connectivity index (χ0) is 8.86. The highest BCUT2D eigenvalue weighted by Gasteiger charge is 2.29. The molecule has 0 aromatic carbocycles. The first-order valence-electron chi connectivity index (χ1n) is 4.86. The monoisotopic (exact) mass is 188 g/mol. The van der Waals surface area contributed by atoms with Crippen LogP contribution in [0.5, 0.6) is 0 Å². The molecule has 12 heavy (non-hydrogen) atoms. The summed E-state index contributed by atoms with van der Waals surface area (Å²) in [4.78, 5) is 0. The van der Waals surface area contributed by atoms with Gasteiger partial charge in [0.25, 0.3) is 0 Å². The summed E-state index contributed by atoms with van der Waals surface area (Å²) in [6, 6.07) is 0. The molecule has 1 atom stereocenters. The molecule has 0 bridgehead atoms. The van der Waals surface area contributed by atoms with Crippen LogP contribution in [0.15, 0.2) is 0 Å². The van der Waals surface area contributed by atoms with E-state index in [1.807, 2.05) is 11.8 Å². The molecule has 1 unspecified atom stereocenters. The van der Waals surface area contributed by atoms with E-state index in [4.69, 9.17) is 5.73 Å². The van der Waals surface area contributed by atoms with Crippen LogP contribution in [0.25, 0.3) is 0 Å². The molecule has 0 radical (unpaired) electrons. The number of hydrogen-bond acceptors (Lipinski definition) is 3. The van der Waals surface area contributed by atoms with Crippen molar-refractivity contribution in [3.8, 4) is 0 Å². The van der Waals surface area contributed by atoms with Crippen LogP contribution in [0.1, 0.15) is 26.2 Å². The summed E-state index contributed by atoms with van der Waals surface area (Å²) in [7, 11) is 0. The summed E-state index contributed by atoms with van der Waals surface area (Å²) >= 11 is 2.03. The van der Waals surface area contributed by atoms with Crippen molar-refractivity contribution in [2.24, 2.45) is 5.73 Å². The topological polar surface area (TPSA) is 38.0 Å². The van der Waals surface area contributed by atoms with E-state index in [0.717, 1.165) is 13.1 Å². The van der Waals surface area contributed by atoms with Crippen LogP contribution < -0.4 is 11.1 Å². The third kappa shape index (κ3) is 2.64. The fourth-order valence-corrected chi connectivity index (χ4v) is 2.86. The molecule has 2 nitrogen and oxygen atoms in total. The maximum absolute atomic E-state index is 5.80. The quantitative estimate of drug-likeness (QED) is 0.696. The summed E-state index contributed by atoms with van der Waals surface area (Å²) in [6.45, 7) is 4.10. The Labute approximate surface area is 79.7 Å². The minimum absolute atomic E-state index is 0.263. The van der Waals surface area contributed by atoms with Crippen molar-refractivity contribution in [1.82, 2.24) is 5.32 Å². The van der Waals surface area contributed by atoms with E-state index in [2.05, 4.69) is 12.2 Å². The number of nitrogens with one attached hydrogen (secondary N) is 1. The van der Waals surface area contributed by atoms with Crippen LogP contribution in [0, 0.1) is 0 Å². The van der Waals surface area contributed by atoms with Gasteiger partial charge in [-0.3, -0.25) is 0 Å². The summed E-state index contributed by atoms with van der Waals surface area (Å²) in [5.74, 6) is 2.51. The molecule has 0 saturated carbocycles. The fraction of sp³-hybridized carbons (Fsp3) is 1.00. The van der Waals surface area contributed by atoms with Crippen molar-refractivity contribution < 1.29 is 0 Å². The Morgan fingerprint density at radius 1 is 1.58 bits per heavy atom. The SMILES string of the molecule is CCCNC1(CN)CCCSC1. The molecular weight excluding hydrogens is 168 g/mol. The molecule has 3 heteroatoms. The van der Waals surface area contributed by atoms with Crippen molar-refractivity contribution in [3.05, 3.63) is 0 Å². The highest BCUT2D eigenvalue weighted by molar-refractivity contribution is 7.99. The van der Waals surface area contributed by atoms with Crippen LogP contribution in [0.2, 0.25) is 0 Å². The maximum atomic E-state index is 5.80. The van der Waals surface area contributed by atoms with E-state index in [1.54, 1.807) is 0 Å². The average molecular weight is 188 g/mol. The predicted molar refractivity (Wildman–Crippen MR) is 56.6 cm³/mol. The number of hydrogen-bond donors (Lipinski definition) is 2. The molecular formula is C9H20N2S. The third-order valence-corrected chi connectivity index (χ3v) is 3.80. The Kier molecular flexibility index (Phi) is 4.40. The van der Waals surface area contributed by atoms with Gasteiger partial charge in [0, 0.05) is 17.8 Å². The van der Waals surface area contributed by atoms with Crippen molar-refractivity contribution in [2.75, 3.05) is 24.6 Å². The van der Waals surface area contributed by atoms with Crippen LogP contribution in [-0.2, 0) is 0 Å². The van der Waals surface area contributed by atoms with Gasteiger partial charge in [0.15, 0.2) is 0 Å². The Morgan fingerprint density at radius 2 is 2.42 bits per heavy atom. The third-order valence-electron chi connectivity index (χ3n) is 2.46. The van der Waals surface area contributed by atoms with E-state index in [-0.39, 0.29) is 5.54 Å². The van der Waals surface area contributed by atoms with Gasteiger partial charge in [0.2, 0.25) is 0 Å². The standard InChI is InChI=1S/C9H20N2S/c1-2-5-11-9(7-10)4-3-6-12-8-9/h11H,2-8,10H2,1H3. The van der Waals surface area contributed by atoms with E-state index in [9.17, 15) is 0 Å². The molecule has 1 fully saturated rings. The Hall–Kier alpha value is 0.270. The second kappa shape index (κ2) is 5.10. The minimum Gasteiger partial charge on any atom is -0.329 e. The van der Waals surface area contributed by atoms with Crippen LogP contribution in [0.4, 0.5) is 0 Å². The first-order valence-corrected chi connectivity index (χ1v) is 6.01. The van der Waals surface area contributed by atoms with Gasteiger partial charge in [-0.2, -0.15) is 11.8 Å². The molecule has 0 aliphatic carbocycles. The van der Waals surface area contributed by atoms with E-state index in [1.165, 1.54) is 30.8 Å². The molecule has 1 aliphatic rings. The Bertz CT molecular complexity index is 122. The molecule has 0 spiro atoms. The molecule has 1 heterocycles. The molecule has 0 aromatic heterocycles. The number of rotatable bonds is 4. The molecule has 0 amide bonds. The Morgan fingerprint density at radius 3 is 2.92 bits per heavy atom. The van der Waals surface area contributed by atoms with Crippen molar-refractivity contribution >= 4 is 11.8 Å². The number of nitrogens with two attached hydrogens (primary N) is 1. The van der Waals surface area contributed by atoms with E-state index < -0.39 is 0 Å². The molecule has 3 N–H and O–H groups in total. The smallest absolute Gasteiger partial charge is 0.0395 e. The summed E-state index contributed by atoms with van der Waals surface area (Å²) < 4.78 is 0. The molecule has 1 aliphatic heterocycles. The maximum Gasteiger partial charge on any atom is 0.0395 e. The van der Waals surface area contributed by atoms with Gasteiger partial charge < -0.3 is 11.1 Å². The lowest BCUT2D eigenvalue weighted by atomic mass is 9.95. The molecule has 1 saturated heterocycles. The minimum atomic E-state index is 0.263. The van der Waals surface area contributed by atoms with Crippen LogP contribution in [-0.4, -0.2) is 30.1 Å². The average Bonchev–Trinajstić information content (AvgIpc) is 2.16. The first kappa shape index (κ1) is 10.4. The highest BCUT2D eigenvalue weighted by Crippen LogP contribution is 2.25. The lowest BCUT2D eigenvalue weighted by Crippen LogP contribution is -2.55. The zero-order valence-electron chi connectivity index (χ0n) is 7.94. The van der Waals surface area contributed by atoms with Gasteiger partial charge in [-0.05, 0) is 31.6 Å². The van der Waals surface area contributed by atoms with E-state index in [0.29, 0.717) is 0 Å².